The standard InChI is InChI=1S/C21H25N3O2.C8H16O/c1-14-7-6-9-18-17(14)8-4-5-10-24(3)13-16-11-15(2)23-21(26)19(16)12-22-20(18)25;1-2-3-8-4-6-9-7-5-8/h4-7,9,11H,8,10,12-13H2,1-3H3,(H,22,25)(H,23,26);8H,2-7H2,1H3/b5-4+;. The first-order chi connectivity index (χ1) is 16.9. The molecule has 2 aromatic rings. The van der Waals surface area contributed by atoms with E-state index in [0.717, 1.165) is 54.5 Å². The van der Waals surface area contributed by atoms with Crippen molar-refractivity contribution >= 4 is 5.91 Å². The van der Waals surface area contributed by atoms with Crippen LogP contribution in [0.4, 0.5) is 0 Å². The summed E-state index contributed by atoms with van der Waals surface area (Å²) in [6.45, 7) is 9.83. The largest absolute Gasteiger partial charge is 0.381 e. The Labute approximate surface area is 209 Å². The molecule has 1 fully saturated rings. The molecule has 0 radical (unpaired) electrons. The number of fused-ring (bicyclic) bond motifs is 2. The maximum absolute atomic E-state index is 12.8. The molecule has 1 saturated heterocycles. The summed E-state index contributed by atoms with van der Waals surface area (Å²) in [6, 6.07) is 7.75. The highest BCUT2D eigenvalue weighted by molar-refractivity contribution is 5.96. The van der Waals surface area contributed by atoms with Gasteiger partial charge in [-0.2, -0.15) is 0 Å². The van der Waals surface area contributed by atoms with E-state index < -0.39 is 0 Å². The van der Waals surface area contributed by atoms with Crippen molar-refractivity contribution in [3.63, 3.8) is 0 Å². The van der Waals surface area contributed by atoms with Crippen LogP contribution >= 0.6 is 0 Å². The Morgan fingerprint density at radius 1 is 1.09 bits per heavy atom. The highest BCUT2D eigenvalue weighted by atomic mass is 16.5. The average Bonchev–Trinajstić information content (AvgIpc) is 2.83. The van der Waals surface area contributed by atoms with Crippen molar-refractivity contribution in [3.8, 4) is 0 Å². The van der Waals surface area contributed by atoms with Crippen molar-refractivity contribution in [2.24, 2.45) is 5.92 Å². The van der Waals surface area contributed by atoms with Crippen LogP contribution in [0.3, 0.4) is 0 Å². The lowest BCUT2D eigenvalue weighted by atomic mass is 9.95. The molecular weight excluding hydrogens is 438 g/mol. The minimum absolute atomic E-state index is 0.136. The van der Waals surface area contributed by atoms with Crippen LogP contribution in [0.15, 0.2) is 41.2 Å². The number of ether oxygens (including phenoxy) is 1. The second kappa shape index (κ2) is 13.4. The number of aromatic amines is 1. The molecule has 0 unspecified atom stereocenters. The predicted octanol–water partition coefficient (Wildman–Crippen LogP) is 4.68. The van der Waals surface area contributed by atoms with E-state index in [9.17, 15) is 9.59 Å². The van der Waals surface area contributed by atoms with Gasteiger partial charge in [-0.1, -0.05) is 44.1 Å². The lowest BCUT2D eigenvalue weighted by Crippen LogP contribution is -2.30. The zero-order valence-electron chi connectivity index (χ0n) is 21.8. The summed E-state index contributed by atoms with van der Waals surface area (Å²) in [7, 11) is 2.03. The van der Waals surface area contributed by atoms with Crippen LogP contribution in [-0.4, -0.2) is 42.6 Å². The number of likely N-dealkylation sites (N-methyl/N-ethyl adjacent to an activating group) is 1. The number of aromatic nitrogens is 1. The van der Waals surface area contributed by atoms with Crippen LogP contribution < -0.4 is 10.9 Å². The van der Waals surface area contributed by atoms with E-state index in [4.69, 9.17) is 4.74 Å². The smallest absolute Gasteiger partial charge is 0.253 e. The molecule has 3 heterocycles. The highest BCUT2D eigenvalue weighted by Crippen LogP contribution is 2.19. The number of rotatable bonds is 2. The van der Waals surface area contributed by atoms with Crippen molar-refractivity contribution < 1.29 is 9.53 Å². The molecular formula is C29H41N3O3. The van der Waals surface area contributed by atoms with Crippen LogP contribution in [-0.2, 0) is 24.2 Å². The van der Waals surface area contributed by atoms with Crippen LogP contribution in [0.1, 0.15) is 70.9 Å². The molecule has 0 spiro atoms. The number of amides is 1. The molecule has 1 aromatic heterocycles. The van der Waals surface area contributed by atoms with Crippen LogP contribution in [0.2, 0.25) is 0 Å². The first-order valence-electron chi connectivity index (χ1n) is 12.9. The number of carbonyl (C=O) groups is 1. The summed E-state index contributed by atoms with van der Waals surface area (Å²) >= 11 is 0. The van der Waals surface area contributed by atoms with Gasteiger partial charge >= 0.3 is 0 Å². The zero-order valence-corrected chi connectivity index (χ0v) is 21.8. The predicted molar refractivity (Wildman–Crippen MR) is 142 cm³/mol. The topological polar surface area (TPSA) is 74.4 Å². The molecule has 1 amide bonds. The van der Waals surface area contributed by atoms with E-state index in [0.29, 0.717) is 17.7 Å². The maximum atomic E-state index is 12.8. The van der Waals surface area contributed by atoms with Gasteiger partial charge in [0.25, 0.3) is 11.5 Å². The van der Waals surface area contributed by atoms with Gasteiger partial charge in [-0.15, -0.1) is 0 Å². The minimum Gasteiger partial charge on any atom is -0.381 e. The van der Waals surface area contributed by atoms with Gasteiger partial charge in [-0.05, 0) is 74.9 Å². The van der Waals surface area contributed by atoms with E-state index in [2.05, 4.69) is 34.3 Å². The number of allylic oxidation sites excluding steroid dienone is 1. The number of hydrogen-bond acceptors (Lipinski definition) is 4. The first-order valence-corrected chi connectivity index (χ1v) is 12.9. The van der Waals surface area contributed by atoms with Gasteiger partial charge in [0.05, 0.1) is 0 Å². The Morgan fingerprint density at radius 3 is 2.60 bits per heavy atom. The number of aryl methyl sites for hydroxylation is 2. The number of carbonyl (C=O) groups excluding carboxylic acids is 1. The highest BCUT2D eigenvalue weighted by Gasteiger charge is 2.16. The summed E-state index contributed by atoms with van der Waals surface area (Å²) in [6.07, 6.45) is 10.3. The second-order valence-electron chi connectivity index (χ2n) is 9.79. The van der Waals surface area contributed by atoms with Gasteiger partial charge in [0.1, 0.15) is 0 Å². The van der Waals surface area contributed by atoms with E-state index in [1.54, 1.807) is 0 Å². The Kier molecular flexibility index (Phi) is 10.3. The van der Waals surface area contributed by atoms with Gasteiger partial charge < -0.3 is 15.0 Å². The van der Waals surface area contributed by atoms with E-state index in [1.807, 2.05) is 45.2 Å². The molecule has 1 aromatic carbocycles. The fourth-order valence-corrected chi connectivity index (χ4v) is 4.82. The SMILES string of the molecule is CCCC1CCOCC1.Cc1cc2c(c(=O)[nH]1)CNC(=O)c1cccc(C)c1C/C=C/CN(C)C2. The lowest BCUT2D eigenvalue weighted by molar-refractivity contribution is 0.0637. The van der Waals surface area contributed by atoms with E-state index in [1.165, 1.54) is 25.7 Å². The maximum Gasteiger partial charge on any atom is 0.253 e. The van der Waals surface area contributed by atoms with Crippen molar-refractivity contribution in [2.75, 3.05) is 26.8 Å². The number of H-pyrrole nitrogens is 1. The average molecular weight is 480 g/mol. The summed E-state index contributed by atoms with van der Waals surface area (Å²) in [4.78, 5) is 30.2. The van der Waals surface area contributed by atoms with Gasteiger partial charge in [-0.3, -0.25) is 14.5 Å². The van der Waals surface area contributed by atoms with Gasteiger partial charge in [0.2, 0.25) is 0 Å². The Morgan fingerprint density at radius 2 is 1.86 bits per heavy atom. The van der Waals surface area contributed by atoms with Crippen molar-refractivity contribution in [1.82, 2.24) is 15.2 Å². The Balaban J connectivity index is 0.000000320. The molecule has 4 rings (SSSR count). The van der Waals surface area contributed by atoms with Crippen LogP contribution in [0.5, 0.6) is 0 Å². The van der Waals surface area contributed by atoms with Crippen molar-refractivity contribution in [1.29, 1.82) is 0 Å². The molecule has 2 aliphatic heterocycles. The van der Waals surface area contributed by atoms with Crippen LogP contribution in [0, 0.1) is 19.8 Å². The third-order valence-corrected chi connectivity index (χ3v) is 6.83. The van der Waals surface area contributed by atoms with Crippen molar-refractivity contribution in [2.45, 2.75) is 66.0 Å². The molecule has 0 aliphatic carbocycles. The summed E-state index contributed by atoms with van der Waals surface area (Å²) in [5.41, 5.74) is 5.06. The third kappa shape index (κ3) is 7.91. The second-order valence-corrected chi connectivity index (χ2v) is 9.79. The van der Waals surface area contributed by atoms with Gasteiger partial charge in [-0.25, -0.2) is 0 Å². The summed E-state index contributed by atoms with van der Waals surface area (Å²) < 4.78 is 5.25. The molecule has 6 heteroatoms. The number of pyridine rings is 1. The quantitative estimate of drug-likeness (QED) is 0.614. The number of hydrogen-bond donors (Lipinski definition) is 2. The van der Waals surface area contributed by atoms with E-state index >= 15 is 0 Å². The fourth-order valence-electron chi connectivity index (χ4n) is 4.82. The number of nitrogens with zero attached hydrogens (tertiary/aromatic N) is 1. The number of nitrogens with one attached hydrogen (secondary N) is 2. The normalized spacial score (nSPS) is 18.5. The number of benzene rings is 1. The summed E-state index contributed by atoms with van der Waals surface area (Å²) in [5.74, 6) is 0.833. The molecule has 2 N–H and O–H groups in total. The molecule has 35 heavy (non-hydrogen) atoms. The minimum atomic E-state index is -0.143. The molecule has 2 aliphatic rings. The third-order valence-electron chi connectivity index (χ3n) is 6.83. The molecule has 0 bridgehead atoms. The zero-order chi connectivity index (χ0) is 25.2. The van der Waals surface area contributed by atoms with Gasteiger partial charge in [0.15, 0.2) is 0 Å². The monoisotopic (exact) mass is 479 g/mol. The van der Waals surface area contributed by atoms with Crippen molar-refractivity contribution in [3.05, 3.63) is 80.3 Å². The molecule has 0 atom stereocenters. The lowest BCUT2D eigenvalue weighted by Gasteiger charge is -2.20. The Bertz CT molecular complexity index is 1060. The van der Waals surface area contributed by atoms with Gasteiger partial charge in [0, 0.05) is 49.7 Å². The summed E-state index contributed by atoms with van der Waals surface area (Å²) in [5, 5.41) is 2.93. The van der Waals surface area contributed by atoms with E-state index in [-0.39, 0.29) is 18.0 Å². The Hall–Kier alpha value is -2.70. The first kappa shape index (κ1) is 26.9. The molecule has 190 valence electrons. The molecule has 6 nitrogen and oxygen atoms in total. The fraction of sp³-hybridized carbons (Fsp3) is 0.517. The van der Waals surface area contributed by atoms with Crippen LogP contribution in [0.25, 0.3) is 0 Å². The molecule has 0 saturated carbocycles.